The van der Waals surface area contributed by atoms with Crippen LogP contribution in [0.1, 0.15) is 28.4 Å². The lowest BCUT2D eigenvalue weighted by molar-refractivity contribution is -0.137. The summed E-state index contributed by atoms with van der Waals surface area (Å²) < 4.78 is 38.6. The number of benzene rings is 2. The number of nitrogens with two attached hydrogens (primary N) is 1. The molecule has 7 heteroatoms. The summed E-state index contributed by atoms with van der Waals surface area (Å²) in [5.74, 6) is -0.527. The third-order valence-corrected chi connectivity index (χ3v) is 5.09. The molecule has 2 N–H and O–H groups in total. The van der Waals surface area contributed by atoms with Gasteiger partial charge in [0.2, 0.25) is 5.91 Å². The zero-order valence-electron chi connectivity index (χ0n) is 12.8. The number of thioether (sulfide) groups is 1. The Bertz CT molecular complexity index is 792. The highest BCUT2D eigenvalue weighted by Crippen LogP contribution is 2.44. The molecule has 0 fully saturated rings. The Morgan fingerprint density at radius 3 is 2.67 bits per heavy atom. The summed E-state index contributed by atoms with van der Waals surface area (Å²) in [7, 11) is 0. The van der Waals surface area contributed by atoms with Crippen LogP contribution in [0.3, 0.4) is 0 Å². The highest BCUT2D eigenvalue weighted by atomic mass is 32.2. The summed E-state index contributed by atoms with van der Waals surface area (Å²) in [6, 6.07) is 10.5. The molecule has 0 aliphatic carbocycles. The molecule has 1 amide bonds. The van der Waals surface area contributed by atoms with Gasteiger partial charge in [-0.15, -0.1) is 0 Å². The maximum atomic E-state index is 12.9. The monoisotopic (exact) mass is 352 g/mol. The van der Waals surface area contributed by atoms with Gasteiger partial charge in [0, 0.05) is 17.0 Å². The van der Waals surface area contributed by atoms with Crippen molar-refractivity contribution in [2.24, 2.45) is 5.73 Å². The normalized spacial score (nSPS) is 17.0. The second-order valence-corrected chi connectivity index (χ2v) is 6.95. The van der Waals surface area contributed by atoms with Crippen LogP contribution < -0.4 is 10.6 Å². The van der Waals surface area contributed by atoms with Gasteiger partial charge in [-0.1, -0.05) is 23.9 Å². The first-order valence-corrected chi connectivity index (χ1v) is 8.17. The molecule has 1 aliphatic heterocycles. The second kappa shape index (κ2) is 6.05. The molecule has 0 saturated heterocycles. The number of nitrogens with zero attached hydrogens (tertiary/aromatic N) is 1. The molecule has 0 saturated carbocycles. The van der Waals surface area contributed by atoms with Crippen LogP contribution in [0.25, 0.3) is 0 Å². The molecule has 0 bridgehead atoms. The van der Waals surface area contributed by atoms with Crippen molar-refractivity contribution in [3.05, 3.63) is 59.2 Å². The predicted octanol–water partition coefficient (Wildman–Crippen LogP) is 4.26. The van der Waals surface area contributed by atoms with Crippen molar-refractivity contribution in [3.8, 4) is 0 Å². The van der Waals surface area contributed by atoms with E-state index < -0.39 is 17.6 Å². The zero-order chi connectivity index (χ0) is 17.5. The third-order valence-electron chi connectivity index (χ3n) is 3.90. The van der Waals surface area contributed by atoms with E-state index in [1.807, 2.05) is 17.9 Å². The van der Waals surface area contributed by atoms with Gasteiger partial charge >= 0.3 is 6.18 Å². The topological polar surface area (TPSA) is 46.3 Å². The molecule has 3 nitrogen and oxygen atoms in total. The highest BCUT2D eigenvalue weighted by molar-refractivity contribution is 8.00. The minimum atomic E-state index is -4.36. The number of carbonyl (C=O) groups is 1. The summed E-state index contributed by atoms with van der Waals surface area (Å²) in [6.45, 7) is 2.30. The molecule has 1 atom stereocenters. The molecule has 0 aromatic heterocycles. The molecule has 3 rings (SSSR count). The van der Waals surface area contributed by atoms with Gasteiger partial charge < -0.3 is 10.6 Å². The maximum absolute atomic E-state index is 12.9. The fraction of sp³-hybridized carbons (Fsp3) is 0.235. The van der Waals surface area contributed by atoms with Gasteiger partial charge in [0.05, 0.1) is 16.6 Å². The van der Waals surface area contributed by atoms with Crippen molar-refractivity contribution in [2.45, 2.75) is 29.9 Å². The van der Waals surface area contributed by atoms with Gasteiger partial charge in [0.1, 0.15) is 0 Å². The maximum Gasteiger partial charge on any atom is 0.416 e. The fourth-order valence-corrected chi connectivity index (χ4v) is 3.82. The number of amides is 1. The van der Waals surface area contributed by atoms with Crippen molar-refractivity contribution in [1.82, 2.24) is 0 Å². The van der Waals surface area contributed by atoms with Crippen molar-refractivity contribution >= 4 is 23.4 Å². The number of rotatable bonds is 3. The van der Waals surface area contributed by atoms with E-state index >= 15 is 0 Å². The first-order chi connectivity index (χ1) is 11.3. The number of carbonyl (C=O) groups excluding carboxylic acids is 1. The number of halogens is 3. The standard InChI is InChI=1S/C17H15F3N2OS/c1-10-22(9-11-3-2-4-13(7-11)17(18,19)20)14-8-12(16(21)23)5-6-15(14)24-10/h2-8,10H,9H2,1H3,(H2,21,23). The Morgan fingerprint density at radius 1 is 1.25 bits per heavy atom. The van der Waals surface area contributed by atoms with Gasteiger partial charge in [0.25, 0.3) is 0 Å². The van der Waals surface area contributed by atoms with Gasteiger partial charge in [-0.05, 0) is 42.8 Å². The van der Waals surface area contributed by atoms with Crippen LogP contribution in [0.5, 0.6) is 0 Å². The Hall–Kier alpha value is -2.15. The Morgan fingerprint density at radius 2 is 2.00 bits per heavy atom. The van der Waals surface area contributed by atoms with Crippen molar-refractivity contribution in [1.29, 1.82) is 0 Å². The van der Waals surface area contributed by atoms with Crippen LogP contribution in [-0.2, 0) is 12.7 Å². The summed E-state index contributed by atoms with van der Waals surface area (Å²) in [4.78, 5) is 14.3. The smallest absolute Gasteiger partial charge is 0.366 e. The summed E-state index contributed by atoms with van der Waals surface area (Å²) in [5.41, 5.74) is 6.43. The number of anilines is 1. The molecule has 1 unspecified atom stereocenters. The Balaban J connectivity index is 1.92. The molecule has 0 spiro atoms. The van der Waals surface area contributed by atoms with Crippen molar-refractivity contribution in [2.75, 3.05) is 4.90 Å². The molecule has 2 aromatic rings. The molecule has 2 aromatic carbocycles. The fourth-order valence-electron chi connectivity index (χ4n) is 2.69. The van der Waals surface area contributed by atoms with Crippen LogP contribution in [0.4, 0.5) is 18.9 Å². The number of alkyl halides is 3. The summed E-state index contributed by atoms with van der Waals surface area (Å²) >= 11 is 1.60. The zero-order valence-corrected chi connectivity index (χ0v) is 13.6. The SMILES string of the molecule is CC1Sc2ccc(C(N)=O)cc2N1Cc1cccc(C(F)(F)F)c1. The second-order valence-electron chi connectivity index (χ2n) is 5.59. The van der Waals surface area contributed by atoms with Crippen LogP contribution >= 0.6 is 11.8 Å². The minimum Gasteiger partial charge on any atom is -0.366 e. The predicted molar refractivity (Wildman–Crippen MR) is 87.9 cm³/mol. The minimum absolute atomic E-state index is 0.0534. The van der Waals surface area contributed by atoms with Gasteiger partial charge in [-0.25, -0.2) is 0 Å². The highest BCUT2D eigenvalue weighted by Gasteiger charge is 2.31. The molecular weight excluding hydrogens is 337 g/mol. The van der Waals surface area contributed by atoms with Gasteiger partial charge in [-0.2, -0.15) is 13.2 Å². The molecule has 24 heavy (non-hydrogen) atoms. The van der Waals surface area contributed by atoms with Crippen LogP contribution in [0, 0.1) is 0 Å². The first-order valence-electron chi connectivity index (χ1n) is 7.29. The molecular formula is C17H15F3N2OS. The van der Waals surface area contributed by atoms with Crippen molar-refractivity contribution in [3.63, 3.8) is 0 Å². The Labute approximate surface area is 141 Å². The average molecular weight is 352 g/mol. The van der Waals surface area contributed by atoms with E-state index in [0.29, 0.717) is 17.7 Å². The van der Waals surface area contributed by atoms with E-state index in [-0.39, 0.29) is 5.37 Å². The molecule has 0 radical (unpaired) electrons. The van der Waals surface area contributed by atoms with Gasteiger partial charge in [-0.3, -0.25) is 4.79 Å². The number of hydrogen-bond acceptors (Lipinski definition) is 3. The van der Waals surface area contributed by atoms with E-state index in [4.69, 9.17) is 5.73 Å². The third kappa shape index (κ3) is 3.21. The summed E-state index contributed by atoms with van der Waals surface area (Å²) in [5, 5.41) is 0.0534. The lowest BCUT2D eigenvalue weighted by atomic mass is 10.1. The lowest BCUT2D eigenvalue weighted by Gasteiger charge is -2.24. The Kier molecular flexibility index (Phi) is 4.21. The largest absolute Gasteiger partial charge is 0.416 e. The molecule has 1 aliphatic rings. The van der Waals surface area contributed by atoms with E-state index in [0.717, 1.165) is 22.7 Å². The van der Waals surface area contributed by atoms with E-state index in [9.17, 15) is 18.0 Å². The van der Waals surface area contributed by atoms with E-state index in [1.54, 1.807) is 30.0 Å². The summed E-state index contributed by atoms with van der Waals surface area (Å²) in [6.07, 6.45) is -4.36. The first kappa shape index (κ1) is 16.7. The van der Waals surface area contributed by atoms with Crippen LogP contribution in [0.2, 0.25) is 0 Å². The number of primary amides is 1. The quantitative estimate of drug-likeness (QED) is 0.898. The van der Waals surface area contributed by atoms with Crippen LogP contribution in [0.15, 0.2) is 47.4 Å². The van der Waals surface area contributed by atoms with E-state index in [2.05, 4.69) is 0 Å². The number of hydrogen-bond donors (Lipinski definition) is 1. The van der Waals surface area contributed by atoms with E-state index in [1.165, 1.54) is 6.07 Å². The van der Waals surface area contributed by atoms with Crippen molar-refractivity contribution < 1.29 is 18.0 Å². The average Bonchev–Trinajstić information content (AvgIpc) is 2.82. The number of fused-ring (bicyclic) bond motifs is 1. The molecule has 126 valence electrons. The van der Waals surface area contributed by atoms with Gasteiger partial charge in [0.15, 0.2) is 0 Å². The molecule has 1 heterocycles. The lowest BCUT2D eigenvalue weighted by Crippen LogP contribution is -2.26. The van der Waals surface area contributed by atoms with Crippen LogP contribution in [-0.4, -0.2) is 11.3 Å².